The average Bonchev–Trinajstić information content (AvgIpc) is 2.30. The minimum atomic E-state index is 0. The summed E-state index contributed by atoms with van der Waals surface area (Å²) < 4.78 is 0. The van der Waals surface area contributed by atoms with Crippen LogP contribution in [-0.4, -0.2) is 7.05 Å². The van der Waals surface area contributed by atoms with Gasteiger partial charge in [0.1, 0.15) is 0 Å². The third kappa shape index (κ3) is 2.82. The molecule has 2 rings (SSSR count). The number of rotatable bonds is 2. The predicted octanol–water partition coefficient (Wildman–Crippen LogP) is 2.78. The molecule has 1 N–H and O–H groups in total. The van der Waals surface area contributed by atoms with Crippen LogP contribution in [0.5, 0.6) is 0 Å². The van der Waals surface area contributed by atoms with Crippen molar-refractivity contribution in [3.05, 3.63) is 60.2 Å². The Labute approximate surface area is 105 Å². The molecule has 0 spiro atoms. The standard InChI is InChI=1S/C13H14N.Pd/c1-14-13-10-6-5-9-12(13)11-7-3-2-4-8-11;/h2-9,14H,10H2,1H3;/q-1;+2. The second kappa shape index (κ2) is 5.93. The van der Waals surface area contributed by atoms with Crippen LogP contribution in [0.4, 0.5) is 0 Å². The van der Waals surface area contributed by atoms with Crippen molar-refractivity contribution in [3.63, 3.8) is 0 Å². The van der Waals surface area contributed by atoms with Gasteiger partial charge in [0.2, 0.25) is 0 Å². The molecule has 1 aromatic carbocycles. The molecule has 0 fully saturated rings. The quantitative estimate of drug-likeness (QED) is 0.652. The molecule has 0 saturated heterocycles. The molecule has 0 heterocycles. The van der Waals surface area contributed by atoms with Crippen molar-refractivity contribution in [3.8, 4) is 0 Å². The molecule has 0 bridgehead atoms. The van der Waals surface area contributed by atoms with E-state index in [0.29, 0.717) is 0 Å². The summed E-state index contributed by atoms with van der Waals surface area (Å²) in [6, 6.07) is 11.8. The molecule has 0 atom stereocenters. The zero-order chi connectivity index (χ0) is 9.80. The minimum Gasteiger partial charge on any atom is -0.347 e. The molecule has 80 valence electrons. The Hall–Kier alpha value is -0.808. The third-order valence-corrected chi connectivity index (χ3v) is 2.43. The van der Waals surface area contributed by atoms with Gasteiger partial charge in [0.15, 0.2) is 0 Å². The van der Waals surface area contributed by atoms with Gasteiger partial charge in [-0.25, -0.2) is 0 Å². The van der Waals surface area contributed by atoms with E-state index in [1.165, 1.54) is 17.2 Å². The van der Waals surface area contributed by atoms with E-state index in [1.807, 2.05) is 13.1 Å². The van der Waals surface area contributed by atoms with Crippen molar-refractivity contribution in [1.29, 1.82) is 0 Å². The van der Waals surface area contributed by atoms with Crippen LogP contribution >= 0.6 is 0 Å². The fraction of sp³-hybridized carbons (Fsp3) is 0.154. The van der Waals surface area contributed by atoms with Gasteiger partial charge in [-0.2, -0.15) is 11.6 Å². The first-order valence-corrected chi connectivity index (χ1v) is 4.88. The van der Waals surface area contributed by atoms with Crippen LogP contribution in [0.1, 0.15) is 12.0 Å². The maximum absolute atomic E-state index is 3.25. The van der Waals surface area contributed by atoms with Crippen molar-refractivity contribution in [2.75, 3.05) is 7.05 Å². The summed E-state index contributed by atoms with van der Waals surface area (Å²) in [5, 5.41) is 3.25. The first-order valence-electron chi connectivity index (χ1n) is 4.88. The van der Waals surface area contributed by atoms with E-state index in [4.69, 9.17) is 0 Å². The molecule has 0 aromatic heterocycles. The van der Waals surface area contributed by atoms with Crippen LogP contribution in [0.3, 0.4) is 0 Å². The van der Waals surface area contributed by atoms with Gasteiger partial charge in [0.25, 0.3) is 0 Å². The van der Waals surface area contributed by atoms with Crippen LogP contribution in [0.15, 0.2) is 48.6 Å². The zero-order valence-electron chi connectivity index (χ0n) is 8.64. The van der Waals surface area contributed by atoms with Gasteiger partial charge in [-0.05, 0) is 13.5 Å². The Bertz CT molecular complexity index is 354. The Morgan fingerprint density at radius 3 is 2.60 bits per heavy atom. The number of likely N-dealkylation sites (N-methyl/N-ethyl adjacent to an activating group) is 1. The number of hydrogen-bond donors (Lipinski definition) is 1. The predicted molar refractivity (Wildman–Crippen MR) is 60.5 cm³/mol. The SMILES string of the molecule is CN[C-]1CC=CC=C1c1ccccc1.[Pd+2]. The van der Waals surface area contributed by atoms with Crippen LogP contribution in [0.25, 0.3) is 5.57 Å². The van der Waals surface area contributed by atoms with E-state index in [0.717, 1.165) is 6.42 Å². The monoisotopic (exact) mass is 290 g/mol. The first-order chi connectivity index (χ1) is 6.92. The molecule has 0 amide bonds. The van der Waals surface area contributed by atoms with Crippen LogP contribution in [0, 0.1) is 6.04 Å². The van der Waals surface area contributed by atoms with Crippen LogP contribution < -0.4 is 5.32 Å². The molecule has 0 saturated carbocycles. The van der Waals surface area contributed by atoms with E-state index in [9.17, 15) is 0 Å². The van der Waals surface area contributed by atoms with Crippen molar-refractivity contribution in [2.24, 2.45) is 0 Å². The minimum absolute atomic E-state index is 0. The molecule has 1 aliphatic carbocycles. The number of hydrogen-bond acceptors (Lipinski definition) is 1. The molecular weight excluding hydrogens is 277 g/mol. The fourth-order valence-corrected chi connectivity index (χ4v) is 1.69. The van der Waals surface area contributed by atoms with E-state index in [2.05, 4.69) is 47.8 Å². The van der Waals surface area contributed by atoms with Gasteiger partial charge in [0.05, 0.1) is 0 Å². The summed E-state index contributed by atoms with van der Waals surface area (Å²) in [6.45, 7) is 0. The summed E-state index contributed by atoms with van der Waals surface area (Å²) in [7, 11) is 1.98. The molecular formula is C13H14NPd+. The second-order valence-corrected chi connectivity index (χ2v) is 3.31. The zero-order valence-corrected chi connectivity index (χ0v) is 10.2. The summed E-state index contributed by atoms with van der Waals surface area (Å²) in [5.74, 6) is 0. The molecule has 1 aliphatic rings. The van der Waals surface area contributed by atoms with Crippen molar-refractivity contribution < 1.29 is 20.4 Å². The molecule has 0 radical (unpaired) electrons. The Morgan fingerprint density at radius 2 is 1.93 bits per heavy atom. The molecule has 2 heteroatoms. The largest absolute Gasteiger partial charge is 2.00 e. The number of nitrogens with one attached hydrogen (secondary N) is 1. The topological polar surface area (TPSA) is 12.0 Å². The molecule has 0 aliphatic heterocycles. The van der Waals surface area contributed by atoms with Gasteiger partial charge < -0.3 is 5.32 Å². The van der Waals surface area contributed by atoms with Crippen molar-refractivity contribution in [1.82, 2.24) is 5.32 Å². The van der Waals surface area contributed by atoms with E-state index in [-0.39, 0.29) is 20.4 Å². The summed E-state index contributed by atoms with van der Waals surface area (Å²) in [5.41, 5.74) is 2.58. The van der Waals surface area contributed by atoms with Crippen LogP contribution in [-0.2, 0) is 20.4 Å². The molecule has 0 unspecified atom stereocenters. The normalized spacial score (nSPS) is 14.5. The van der Waals surface area contributed by atoms with Crippen molar-refractivity contribution in [2.45, 2.75) is 6.42 Å². The summed E-state index contributed by atoms with van der Waals surface area (Å²) in [4.78, 5) is 0. The van der Waals surface area contributed by atoms with Gasteiger partial charge >= 0.3 is 20.4 Å². The Balaban J connectivity index is 0.00000112. The van der Waals surface area contributed by atoms with Gasteiger partial charge in [-0.3, -0.25) is 0 Å². The molecule has 1 nitrogen and oxygen atoms in total. The first kappa shape index (κ1) is 12.3. The summed E-state index contributed by atoms with van der Waals surface area (Å²) in [6.07, 6.45) is 7.43. The number of benzene rings is 1. The van der Waals surface area contributed by atoms with Crippen molar-refractivity contribution >= 4 is 5.57 Å². The fourth-order valence-electron chi connectivity index (χ4n) is 1.69. The molecule has 1 aromatic rings. The third-order valence-electron chi connectivity index (χ3n) is 2.43. The van der Waals surface area contributed by atoms with Gasteiger partial charge in [-0.1, -0.05) is 18.2 Å². The smallest absolute Gasteiger partial charge is 0.347 e. The maximum atomic E-state index is 3.25. The van der Waals surface area contributed by atoms with E-state index < -0.39 is 0 Å². The average molecular weight is 291 g/mol. The van der Waals surface area contributed by atoms with E-state index in [1.54, 1.807) is 0 Å². The Morgan fingerprint density at radius 1 is 1.20 bits per heavy atom. The van der Waals surface area contributed by atoms with Crippen LogP contribution in [0.2, 0.25) is 0 Å². The van der Waals surface area contributed by atoms with Gasteiger partial charge in [-0.15, -0.1) is 35.9 Å². The van der Waals surface area contributed by atoms with Gasteiger partial charge in [0, 0.05) is 0 Å². The summed E-state index contributed by atoms with van der Waals surface area (Å²) >= 11 is 0. The second-order valence-electron chi connectivity index (χ2n) is 3.31. The number of allylic oxidation sites excluding steroid dienone is 2. The molecule has 15 heavy (non-hydrogen) atoms. The maximum Gasteiger partial charge on any atom is 2.00 e. The van der Waals surface area contributed by atoms with E-state index >= 15 is 0 Å². The Kier molecular flexibility index (Phi) is 4.84.